The van der Waals surface area contributed by atoms with Crippen LogP contribution in [-0.2, 0) is 9.53 Å². The number of rotatable bonds is 3. The number of ether oxygens (including phenoxy) is 1. The van der Waals surface area contributed by atoms with Gasteiger partial charge in [0.2, 0.25) is 5.91 Å². The molecule has 3 unspecified atom stereocenters. The van der Waals surface area contributed by atoms with Crippen LogP contribution in [0.5, 0.6) is 0 Å². The van der Waals surface area contributed by atoms with Crippen LogP contribution in [0, 0.1) is 11.8 Å². The Morgan fingerprint density at radius 2 is 1.75 bits per heavy atom. The molecule has 5 heteroatoms. The molecule has 0 bridgehead atoms. The van der Waals surface area contributed by atoms with Gasteiger partial charge in [-0.2, -0.15) is 0 Å². The standard InChI is InChI=1S/C19H33N3O2/c23-19(18-13-16-3-1-2-4-17(16)20-18)22-9-7-21(8-10-22)14-15-5-11-24-12-6-15/h15-18,20H,1-14H2. The first kappa shape index (κ1) is 16.8. The molecule has 4 aliphatic rings. The number of amides is 1. The fraction of sp³-hybridized carbons (Fsp3) is 0.947. The van der Waals surface area contributed by atoms with E-state index in [1.54, 1.807) is 0 Å². The highest BCUT2D eigenvalue weighted by molar-refractivity contribution is 5.82. The lowest BCUT2D eigenvalue weighted by atomic mass is 9.85. The highest BCUT2D eigenvalue weighted by Gasteiger charge is 2.40. The zero-order valence-electron chi connectivity index (χ0n) is 14.9. The van der Waals surface area contributed by atoms with E-state index in [1.807, 2.05) is 0 Å². The maximum atomic E-state index is 12.9. The monoisotopic (exact) mass is 335 g/mol. The molecule has 4 rings (SSSR count). The number of piperazine rings is 1. The third-order valence-electron chi connectivity index (χ3n) is 6.70. The summed E-state index contributed by atoms with van der Waals surface area (Å²) < 4.78 is 5.46. The zero-order valence-corrected chi connectivity index (χ0v) is 14.9. The van der Waals surface area contributed by atoms with Gasteiger partial charge < -0.3 is 15.0 Å². The van der Waals surface area contributed by atoms with E-state index in [1.165, 1.54) is 45.1 Å². The van der Waals surface area contributed by atoms with Gasteiger partial charge >= 0.3 is 0 Å². The average molecular weight is 335 g/mol. The molecule has 0 aromatic heterocycles. The van der Waals surface area contributed by atoms with Gasteiger partial charge in [-0.05, 0) is 43.9 Å². The van der Waals surface area contributed by atoms with E-state index in [0.717, 1.165) is 57.6 Å². The number of nitrogens with zero attached hydrogens (tertiary/aromatic N) is 2. The Kier molecular flexibility index (Phi) is 5.40. The molecule has 0 spiro atoms. The first-order valence-electron chi connectivity index (χ1n) is 10.1. The molecule has 1 saturated carbocycles. The number of hydrogen-bond donors (Lipinski definition) is 1. The van der Waals surface area contributed by atoms with E-state index in [-0.39, 0.29) is 6.04 Å². The van der Waals surface area contributed by atoms with Crippen molar-refractivity contribution in [1.82, 2.24) is 15.1 Å². The van der Waals surface area contributed by atoms with Gasteiger partial charge in [0, 0.05) is 52.0 Å². The third kappa shape index (κ3) is 3.78. The number of carbonyl (C=O) groups excluding carboxylic acids is 1. The van der Waals surface area contributed by atoms with Crippen LogP contribution < -0.4 is 5.32 Å². The van der Waals surface area contributed by atoms with Crippen molar-refractivity contribution in [2.75, 3.05) is 45.9 Å². The molecule has 1 amide bonds. The van der Waals surface area contributed by atoms with E-state index >= 15 is 0 Å². The van der Waals surface area contributed by atoms with Crippen LogP contribution in [0.2, 0.25) is 0 Å². The van der Waals surface area contributed by atoms with Crippen LogP contribution in [-0.4, -0.2) is 73.7 Å². The van der Waals surface area contributed by atoms with Crippen molar-refractivity contribution in [2.24, 2.45) is 11.8 Å². The summed E-state index contributed by atoms with van der Waals surface area (Å²) in [5, 5.41) is 3.65. The number of carbonyl (C=O) groups is 1. The van der Waals surface area contributed by atoms with Gasteiger partial charge in [0.05, 0.1) is 6.04 Å². The highest BCUT2D eigenvalue weighted by Crippen LogP contribution is 2.33. The molecule has 24 heavy (non-hydrogen) atoms. The summed E-state index contributed by atoms with van der Waals surface area (Å²) in [6, 6.07) is 0.711. The predicted molar refractivity (Wildman–Crippen MR) is 93.8 cm³/mol. The van der Waals surface area contributed by atoms with Crippen molar-refractivity contribution in [3.8, 4) is 0 Å². The van der Waals surface area contributed by atoms with Gasteiger partial charge in [-0.3, -0.25) is 9.69 Å². The Morgan fingerprint density at radius 3 is 2.50 bits per heavy atom. The lowest BCUT2D eigenvalue weighted by molar-refractivity contribution is -0.135. The van der Waals surface area contributed by atoms with E-state index in [9.17, 15) is 4.79 Å². The fourth-order valence-corrected chi connectivity index (χ4v) is 5.18. The third-order valence-corrected chi connectivity index (χ3v) is 6.70. The molecule has 136 valence electrons. The molecule has 0 aromatic carbocycles. The molecule has 4 fully saturated rings. The largest absolute Gasteiger partial charge is 0.381 e. The normalized spacial score (nSPS) is 35.8. The summed E-state index contributed by atoms with van der Waals surface area (Å²) in [7, 11) is 0. The van der Waals surface area contributed by atoms with Crippen molar-refractivity contribution >= 4 is 5.91 Å². The maximum Gasteiger partial charge on any atom is 0.239 e. The van der Waals surface area contributed by atoms with Gasteiger partial charge in [-0.25, -0.2) is 0 Å². The van der Waals surface area contributed by atoms with Crippen LogP contribution in [0.3, 0.4) is 0 Å². The van der Waals surface area contributed by atoms with Crippen LogP contribution in [0.1, 0.15) is 44.9 Å². The molecule has 3 heterocycles. The Morgan fingerprint density at radius 1 is 1.00 bits per heavy atom. The van der Waals surface area contributed by atoms with Crippen LogP contribution in [0.15, 0.2) is 0 Å². The SMILES string of the molecule is O=C(C1CC2CCCCC2N1)N1CCN(CC2CCOCC2)CC1. The van der Waals surface area contributed by atoms with Gasteiger partial charge in [0.15, 0.2) is 0 Å². The summed E-state index contributed by atoms with van der Waals surface area (Å²) in [6.07, 6.45) is 8.76. The maximum absolute atomic E-state index is 12.9. The number of hydrogen-bond acceptors (Lipinski definition) is 4. The van der Waals surface area contributed by atoms with Gasteiger partial charge in [0.25, 0.3) is 0 Å². The topological polar surface area (TPSA) is 44.8 Å². The second kappa shape index (κ2) is 7.71. The molecule has 3 saturated heterocycles. The van der Waals surface area contributed by atoms with Crippen LogP contribution in [0.4, 0.5) is 0 Å². The molecule has 1 aliphatic carbocycles. The van der Waals surface area contributed by atoms with E-state index in [0.29, 0.717) is 11.9 Å². The lowest BCUT2D eigenvalue weighted by Gasteiger charge is -2.38. The molecule has 1 N–H and O–H groups in total. The Labute approximate surface area is 146 Å². The Balaban J connectivity index is 1.23. The molecular weight excluding hydrogens is 302 g/mol. The smallest absolute Gasteiger partial charge is 0.239 e. The molecule has 0 aromatic rings. The van der Waals surface area contributed by atoms with Gasteiger partial charge in [-0.1, -0.05) is 12.8 Å². The van der Waals surface area contributed by atoms with Crippen molar-refractivity contribution in [3.63, 3.8) is 0 Å². The van der Waals surface area contributed by atoms with E-state index < -0.39 is 0 Å². The summed E-state index contributed by atoms with van der Waals surface area (Å²) in [6.45, 7) is 6.96. The number of nitrogens with one attached hydrogen (secondary N) is 1. The minimum atomic E-state index is 0.0974. The first-order chi connectivity index (χ1) is 11.8. The first-order valence-corrected chi connectivity index (χ1v) is 10.1. The van der Waals surface area contributed by atoms with Crippen molar-refractivity contribution in [3.05, 3.63) is 0 Å². The van der Waals surface area contributed by atoms with Crippen LogP contribution in [0.25, 0.3) is 0 Å². The second-order valence-electron chi connectivity index (χ2n) is 8.29. The summed E-state index contributed by atoms with van der Waals surface area (Å²) in [5.41, 5.74) is 0. The van der Waals surface area contributed by atoms with Crippen LogP contribution >= 0.6 is 0 Å². The fourth-order valence-electron chi connectivity index (χ4n) is 5.18. The quantitative estimate of drug-likeness (QED) is 0.848. The van der Waals surface area contributed by atoms with Crippen molar-refractivity contribution in [2.45, 2.75) is 57.0 Å². The van der Waals surface area contributed by atoms with E-state index in [2.05, 4.69) is 15.1 Å². The molecular formula is C19H33N3O2. The second-order valence-corrected chi connectivity index (χ2v) is 8.29. The lowest BCUT2D eigenvalue weighted by Crippen LogP contribution is -2.54. The molecule has 3 atom stereocenters. The van der Waals surface area contributed by atoms with Gasteiger partial charge in [0.1, 0.15) is 0 Å². The Hall–Kier alpha value is -0.650. The minimum Gasteiger partial charge on any atom is -0.381 e. The molecule has 3 aliphatic heterocycles. The van der Waals surface area contributed by atoms with Crippen molar-refractivity contribution in [1.29, 1.82) is 0 Å². The van der Waals surface area contributed by atoms with Gasteiger partial charge in [-0.15, -0.1) is 0 Å². The minimum absolute atomic E-state index is 0.0974. The molecule has 0 radical (unpaired) electrons. The summed E-state index contributed by atoms with van der Waals surface area (Å²) in [4.78, 5) is 17.5. The molecule has 5 nitrogen and oxygen atoms in total. The van der Waals surface area contributed by atoms with Crippen molar-refractivity contribution < 1.29 is 9.53 Å². The average Bonchev–Trinajstić information content (AvgIpc) is 3.07. The summed E-state index contributed by atoms with van der Waals surface area (Å²) in [5.74, 6) is 1.92. The number of fused-ring (bicyclic) bond motifs is 1. The Bertz CT molecular complexity index is 416. The highest BCUT2D eigenvalue weighted by atomic mass is 16.5. The zero-order chi connectivity index (χ0) is 16.4. The van der Waals surface area contributed by atoms with E-state index in [4.69, 9.17) is 4.74 Å². The predicted octanol–water partition coefficient (Wildman–Crippen LogP) is 1.48. The summed E-state index contributed by atoms with van der Waals surface area (Å²) >= 11 is 0.